The van der Waals surface area contributed by atoms with Gasteiger partial charge in [-0.05, 0) is 25.1 Å². The second-order valence-corrected chi connectivity index (χ2v) is 7.86. The molecular formula is C23H30N2O4. The van der Waals surface area contributed by atoms with Gasteiger partial charge in [-0.3, -0.25) is 9.69 Å². The van der Waals surface area contributed by atoms with E-state index in [4.69, 9.17) is 4.74 Å². The lowest BCUT2D eigenvalue weighted by atomic mass is 9.99. The highest BCUT2D eigenvalue weighted by atomic mass is 16.5. The summed E-state index contributed by atoms with van der Waals surface area (Å²) in [4.78, 5) is 16.1. The molecule has 0 spiro atoms. The third kappa shape index (κ3) is 5.35. The lowest BCUT2D eigenvalue weighted by molar-refractivity contribution is -0.131. The molecule has 2 aromatic carbocycles. The van der Waals surface area contributed by atoms with Gasteiger partial charge in [-0.2, -0.15) is 0 Å². The summed E-state index contributed by atoms with van der Waals surface area (Å²) >= 11 is 0. The number of hydrogen-bond donors (Lipinski definition) is 2. The lowest BCUT2D eigenvalue weighted by Crippen LogP contribution is -2.50. The summed E-state index contributed by atoms with van der Waals surface area (Å²) in [6, 6.07) is 17.6. The van der Waals surface area contributed by atoms with Crippen LogP contribution in [0.5, 0.6) is 5.75 Å². The van der Waals surface area contributed by atoms with Crippen LogP contribution >= 0.6 is 0 Å². The van der Waals surface area contributed by atoms with E-state index in [2.05, 4.69) is 0 Å². The number of β-amino-alcohol motifs (C(OH)–C–C–N with tert-alkyl or cyclic N) is 2. The van der Waals surface area contributed by atoms with E-state index in [9.17, 15) is 15.0 Å². The molecule has 3 rings (SSSR count). The number of aliphatic hydroxyl groups is 2. The van der Waals surface area contributed by atoms with Crippen LogP contribution in [0.25, 0.3) is 0 Å². The smallest absolute Gasteiger partial charge is 0.223 e. The first-order valence-electron chi connectivity index (χ1n) is 9.94. The molecule has 1 aliphatic rings. The lowest BCUT2D eigenvalue weighted by Gasteiger charge is -2.31. The van der Waals surface area contributed by atoms with Gasteiger partial charge in [0, 0.05) is 31.6 Å². The van der Waals surface area contributed by atoms with E-state index in [0.717, 1.165) is 16.9 Å². The standard InChI is InChI=1S/C23H30N2O4/c1-24(14-19-10-6-7-11-20(19)29-2)16-23(28)17-25(15-21(23)26)22(27)13-12-18-8-4-3-5-9-18/h3-11,21,26,28H,12-17H2,1-2H3/t21-,23+/m1/s1. The number of carbonyl (C=O) groups is 1. The number of hydrogen-bond acceptors (Lipinski definition) is 5. The molecule has 0 saturated carbocycles. The molecule has 2 aromatic rings. The highest BCUT2D eigenvalue weighted by molar-refractivity contribution is 5.77. The van der Waals surface area contributed by atoms with Crippen LogP contribution in [0.2, 0.25) is 0 Å². The molecule has 2 atom stereocenters. The maximum Gasteiger partial charge on any atom is 0.223 e. The molecule has 0 aromatic heterocycles. The fraction of sp³-hybridized carbons (Fsp3) is 0.435. The van der Waals surface area contributed by atoms with Gasteiger partial charge in [0.15, 0.2) is 0 Å². The van der Waals surface area contributed by atoms with Crippen molar-refractivity contribution in [3.63, 3.8) is 0 Å². The minimum Gasteiger partial charge on any atom is -0.496 e. The second kappa shape index (κ2) is 9.39. The molecule has 1 saturated heterocycles. The minimum atomic E-state index is -1.35. The number of benzene rings is 2. The molecule has 6 heteroatoms. The Morgan fingerprint density at radius 1 is 1.21 bits per heavy atom. The van der Waals surface area contributed by atoms with Gasteiger partial charge in [0.05, 0.1) is 13.7 Å². The largest absolute Gasteiger partial charge is 0.496 e. The van der Waals surface area contributed by atoms with Crippen LogP contribution in [-0.2, 0) is 17.8 Å². The summed E-state index contributed by atoms with van der Waals surface area (Å²) in [5.74, 6) is 0.743. The Balaban J connectivity index is 1.56. The van der Waals surface area contributed by atoms with E-state index in [-0.39, 0.29) is 25.5 Å². The van der Waals surface area contributed by atoms with Gasteiger partial charge in [0.25, 0.3) is 0 Å². The van der Waals surface area contributed by atoms with Crippen molar-refractivity contribution in [3.8, 4) is 5.75 Å². The highest BCUT2D eigenvalue weighted by Gasteiger charge is 2.46. The molecule has 0 aliphatic carbocycles. The predicted molar refractivity (Wildman–Crippen MR) is 112 cm³/mol. The van der Waals surface area contributed by atoms with Crippen molar-refractivity contribution in [2.75, 3.05) is 33.8 Å². The Labute approximate surface area is 172 Å². The molecule has 1 fully saturated rings. The summed E-state index contributed by atoms with van der Waals surface area (Å²) in [6.45, 7) is 1.13. The Kier molecular flexibility index (Phi) is 6.90. The van der Waals surface area contributed by atoms with Crippen LogP contribution in [0.1, 0.15) is 17.5 Å². The van der Waals surface area contributed by atoms with Gasteiger partial charge in [-0.25, -0.2) is 0 Å². The van der Waals surface area contributed by atoms with Gasteiger partial charge in [-0.1, -0.05) is 48.5 Å². The first kappa shape index (κ1) is 21.3. The van der Waals surface area contributed by atoms with Crippen LogP contribution < -0.4 is 4.74 Å². The van der Waals surface area contributed by atoms with Crippen molar-refractivity contribution in [3.05, 3.63) is 65.7 Å². The number of ether oxygens (including phenoxy) is 1. The minimum absolute atomic E-state index is 0.0452. The zero-order valence-corrected chi connectivity index (χ0v) is 17.1. The van der Waals surface area contributed by atoms with Crippen LogP contribution in [0.4, 0.5) is 0 Å². The Bertz CT molecular complexity index is 814. The number of amides is 1. The van der Waals surface area contributed by atoms with Crippen molar-refractivity contribution >= 4 is 5.91 Å². The molecule has 0 unspecified atom stereocenters. The Morgan fingerprint density at radius 2 is 1.90 bits per heavy atom. The number of carbonyl (C=O) groups excluding carboxylic acids is 1. The molecule has 1 amide bonds. The fourth-order valence-electron chi connectivity index (χ4n) is 3.93. The van der Waals surface area contributed by atoms with E-state index < -0.39 is 11.7 Å². The number of nitrogens with zero attached hydrogens (tertiary/aromatic N) is 2. The van der Waals surface area contributed by atoms with Crippen molar-refractivity contribution in [2.24, 2.45) is 0 Å². The number of methoxy groups -OCH3 is 1. The van der Waals surface area contributed by atoms with Crippen molar-refractivity contribution in [1.82, 2.24) is 9.80 Å². The number of rotatable bonds is 8. The topological polar surface area (TPSA) is 73.2 Å². The third-order valence-corrected chi connectivity index (χ3v) is 5.48. The first-order valence-corrected chi connectivity index (χ1v) is 9.94. The highest BCUT2D eigenvalue weighted by Crippen LogP contribution is 2.26. The summed E-state index contributed by atoms with van der Waals surface area (Å²) in [5.41, 5.74) is 0.760. The molecule has 156 valence electrons. The third-order valence-electron chi connectivity index (χ3n) is 5.48. The number of likely N-dealkylation sites (N-methyl/N-ethyl adjacent to an activating group) is 1. The van der Waals surface area contributed by atoms with Crippen molar-refractivity contribution in [1.29, 1.82) is 0 Å². The molecule has 29 heavy (non-hydrogen) atoms. The monoisotopic (exact) mass is 398 g/mol. The van der Waals surface area contributed by atoms with Gasteiger partial charge in [-0.15, -0.1) is 0 Å². The normalized spacial score (nSPS) is 21.6. The quantitative estimate of drug-likeness (QED) is 0.708. The molecule has 2 N–H and O–H groups in total. The summed E-state index contributed by atoms with van der Waals surface area (Å²) in [6.07, 6.45) is 0.0470. The van der Waals surface area contributed by atoms with Crippen molar-refractivity contribution < 1.29 is 19.7 Å². The molecule has 0 bridgehead atoms. The van der Waals surface area contributed by atoms with E-state index in [1.54, 1.807) is 12.0 Å². The Morgan fingerprint density at radius 3 is 2.62 bits per heavy atom. The molecule has 1 heterocycles. The van der Waals surface area contributed by atoms with Gasteiger partial charge >= 0.3 is 0 Å². The SMILES string of the molecule is COc1ccccc1CN(C)C[C@]1(O)CN(C(=O)CCc2ccccc2)C[C@H]1O. The average molecular weight is 399 g/mol. The van der Waals surface area contributed by atoms with Crippen LogP contribution in [0, 0.1) is 0 Å². The van der Waals surface area contributed by atoms with Gasteiger partial charge in [0.2, 0.25) is 5.91 Å². The fourth-order valence-corrected chi connectivity index (χ4v) is 3.93. The number of aliphatic hydroxyl groups excluding tert-OH is 1. The van der Waals surface area contributed by atoms with E-state index in [1.807, 2.05) is 66.5 Å². The van der Waals surface area contributed by atoms with Crippen LogP contribution in [0.3, 0.4) is 0 Å². The maximum atomic E-state index is 12.6. The predicted octanol–water partition coefficient (Wildman–Crippen LogP) is 1.69. The second-order valence-electron chi connectivity index (χ2n) is 7.86. The van der Waals surface area contributed by atoms with Gasteiger partial charge in [0.1, 0.15) is 17.5 Å². The number of para-hydroxylation sites is 1. The number of aryl methyl sites for hydroxylation is 1. The maximum absolute atomic E-state index is 12.6. The van der Waals surface area contributed by atoms with Crippen molar-refractivity contribution in [2.45, 2.75) is 31.1 Å². The average Bonchev–Trinajstić information content (AvgIpc) is 3.01. The van der Waals surface area contributed by atoms with E-state index in [1.165, 1.54) is 0 Å². The number of likely N-dealkylation sites (tertiary alicyclic amines) is 1. The molecule has 1 aliphatic heterocycles. The molecule has 6 nitrogen and oxygen atoms in total. The summed E-state index contributed by atoms with van der Waals surface area (Å²) in [5, 5.41) is 21.5. The molecule has 0 radical (unpaired) electrons. The first-order chi connectivity index (χ1) is 13.9. The van der Waals surface area contributed by atoms with E-state index >= 15 is 0 Å². The molecular weight excluding hydrogens is 368 g/mol. The zero-order valence-electron chi connectivity index (χ0n) is 17.1. The summed E-state index contributed by atoms with van der Waals surface area (Å²) in [7, 11) is 3.52. The summed E-state index contributed by atoms with van der Waals surface area (Å²) < 4.78 is 5.38. The van der Waals surface area contributed by atoms with Gasteiger partial charge < -0.3 is 19.8 Å². The van der Waals surface area contributed by atoms with E-state index in [0.29, 0.717) is 19.4 Å². The Hall–Kier alpha value is -2.41. The van der Waals surface area contributed by atoms with Crippen LogP contribution in [-0.4, -0.2) is 71.4 Å². The zero-order chi connectivity index (χ0) is 20.9. The van der Waals surface area contributed by atoms with Crippen LogP contribution in [0.15, 0.2) is 54.6 Å².